The Kier molecular flexibility index (Phi) is 5.03. The lowest BCUT2D eigenvalue weighted by Crippen LogP contribution is -2.07. The summed E-state index contributed by atoms with van der Waals surface area (Å²) in [4.78, 5) is 11.8. The molecule has 0 aliphatic carbocycles. The van der Waals surface area contributed by atoms with Gasteiger partial charge in [-0.3, -0.25) is 0 Å². The first-order valence-corrected chi connectivity index (χ1v) is 9.75. The summed E-state index contributed by atoms with van der Waals surface area (Å²) in [7, 11) is 1.69. The summed E-state index contributed by atoms with van der Waals surface area (Å²) >= 11 is 1.70. The van der Waals surface area contributed by atoms with Crippen LogP contribution in [0.25, 0.3) is 21.6 Å². The van der Waals surface area contributed by atoms with Gasteiger partial charge in [0.1, 0.15) is 16.4 Å². The molecule has 1 N–H and O–H groups in total. The van der Waals surface area contributed by atoms with E-state index in [4.69, 9.17) is 14.7 Å². The summed E-state index contributed by atoms with van der Waals surface area (Å²) < 4.78 is 5.30. The van der Waals surface area contributed by atoms with Crippen molar-refractivity contribution in [3.8, 4) is 17.1 Å². The predicted molar refractivity (Wildman–Crippen MR) is 113 cm³/mol. The molecule has 0 aliphatic rings. The van der Waals surface area contributed by atoms with Crippen LogP contribution in [0.4, 0.5) is 5.82 Å². The van der Waals surface area contributed by atoms with E-state index >= 15 is 0 Å². The predicted octanol–water partition coefficient (Wildman–Crippen LogP) is 5.33. The average molecular weight is 375 g/mol. The van der Waals surface area contributed by atoms with E-state index in [1.165, 1.54) is 10.4 Å². The van der Waals surface area contributed by atoms with E-state index in [0.717, 1.165) is 46.1 Å². The molecule has 136 valence electrons. The molecule has 0 radical (unpaired) electrons. The minimum Gasteiger partial charge on any atom is -0.497 e. The molecule has 2 heterocycles. The van der Waals surface area contributed by atoms with Gasteiger partial charge in [0, 0.05) is 17.0 Å². The van der Waals surface area contributed by atoms with Crippen molar-refractivity contribution in [1.82, 2.24) is 9.97 Å². The van der Waals surface area contributed by atoms with Crippen molar-refractivity contribution in [3.63, 3.8) is 0 Å². The highest BCUT2D eigenvalue weighted by molar-refractivity contribution is 7.18. The lowest BCUT2D eigenvalue weighted by Gasteiger charge is -2.10. The Labute approximate surface area is 162 Å². The van der Waals surface area contributed by atoms with E-state index in [0.29, 0.717) is 0 Å². The van der Waals surface area contributed by atoms with Crippen LogP contribution in [0.3, 0.4) is 0 Å². The maximum absolute atomic E-state index is 5.30. The fourth-order valence-corrected chi connectivity index (χ4v) is 3.93. The molecule has 4 aromatic rings. The van der Waals surface area contributed by atoms with Gasteiger partial charge in [-0.25, -0.2) is 9.97 Å². The molecular formula is C22H21N3OS. The number of hydrogen-bond acceptors (Lipinski definition) is 5. The molecule has 0 spiro atoms. The van der Waals surface area contributed by atoms with E-state index < -0.39 is 0 Å². The summed E-state index contributed by atoms with van der Waals surface area (Å²) in [5.41, 5.74) is 2.26. The fourth-order valence-electron chi connectivity index (χ4n) is 3.05. The number of rotatable bonds is 6. The normalized spacial score (nSPS) is 10.9. The number of nitrogens with one attached hydrogen (secondary N) is 1. The zero-order valence-corrected chi connectivity index (χ0v) is 16.2. The Hall–Kier alpha value is -2.92. The van der Waals surface area contributed by atoms with E-state index in [1.807, 2.05) is 42.5 Å². The molecular weight excluding hydrogens is 354 g/mol. The summed E-state index contributed by atoms with van der Waals surface area (Å²) in [6.07, 6.45) is 0.895. The number of hydrogen-bond donors (Lipinski definition) is 1. The van der Waals surface area contributed by atoms with Gasteiger partial charge in [-0.2, -0.15) is 0 Å². The van der Waals surface area contributed by atoms with Crippen molar-refractivity contribution in [2.24, 2.45) is 0 Å². The maximum Gasteiger partial charge on any atom is 0.163 e. The second-order valence-electron chi connectivity index (χ2n) is 6.37. The smallest absolute Gasteiger partial charge is 0.163 e. The number of thiophene rings is 1. The van der Waals surface area contributed by atoms with Crippen molar-refractivity contribution in [3.05, 3.63) is 71.1 Å². The number of ether oxygens (including phenoxy) is 1. The number of aryl methyl sites for hydroxylation is 1. The van der Waals surface area contributed by atoms with Crippen molar-refractivity contribution in [1.29, 1.82) is 0 Å². The highest BCUT2D eigenvalue weighted by Gasteiger charge is 2.11. The number of anilines is 1. The molecule has 0 saturated heterocycles. The Morgan fingerprint density at radius 3 is 2.67 bits per heavy atom. The van der Waals surface area contributed by atoms with E-state index in [2.05, 4.69) is 30.4 Å². The summed E-state index contributed by atoms with van der Waals surface area (Å²) in [5, 5.41) is 4.60. The molecule has 27 heavy (non-hydrogen) atoms. The zero-order chi connectivity index (χ0) is 18.6. The van der Waals surface area contributed by atoms with Crippen molar-refractivity contribution in [2.75, 3.05) is 19.0 Å². The lowest BCUT2D eigenvalue weighted by atomic mass is 10.1. The summed E-state index contributed by atoms with van der Waals surface area (Å²) in [6.45, 7) is 2.90. The Bertz CT molecular complexity index is 1060. The third kappa shape index (κ3) is 3.93. The van der Waals surface area contributed by atoms with E-state index in [9.17, 15) is 0 Å². The molecule has 2 aromatic carbocycles. The minimum atomic E-state index is 0.758. The number of fused-ring (bicyclic) bond motifs is 1. The van der Waals surface area contributed by atoms with Crippen molar-refractivity contribution < 1.29 is 4.74 Å². The SMILES string of the molecule is COc1cccc(CCNc2nc(-c3ccccc3)nc3sc(C)cc23)c1. The van der Waals surface area contributed by atoms with Gasteiger partial charge in [0.05, 0.1) is 12.5 Å². The van der Waals surface area contributed by atoms with Crippen LogP contribution in [0.15, 0.2) is 60.7 Å². The molecule has 5 heteroatoms. The highest BCUT2D eigenvalue weighted by Crippen LogP contribution is 2.31. The molecule has 2 aromatic heterocycles. The number of nitrogens with zero attached hydrogens (tertiary/aromatic N) is 2. The standard InChI is InChI=1S/C22H21N3OS/c1-15-13-19-21(23-12-11-16-7-6-10-18(14-16)26-2)24-20(25-22(19)27-15)17-8-4-3-5-9-17/h3-10,13-14H,11-12H2,1-2H3,(H,23,24,25). The molecule has 0 fully saturated rings. The molecule has 0 aliphatic heterocycles. The van der Waals surface area contributed by atoms with Crippen LogP contribution in [0, 0.1) is 6.92 Å². The van der Waals surface area contributed by atoms with Gasteiger partial charge in [-0.05, 0) is 37.1 Å². The lowest BCUT2D eigenvalue weighted by molar-refractivity contribution is 0.414. The molecule has 4 rings (SSSR count). The molecule has 0 bridgehead atoms. The second-order valence-corrected chi connectivity index (χ2v) is 7.60. The third-order valence-corrected chi connectivity index (χ3v) is 5.33. The quantitative estimate of drug-likeness (QED) is 0.495. The zero-order valence-electron chi connectivity index (χ0n) is 15.4. The molecule has 0 amide bonds. The van der Waals surface area contributed by atoms with Gasteiger partial charge >= 0.3 is 0 Å². The van der Waals surface area contributed by atoms with E-state index in [-0.39, 0.29) is 0 Å². The van der Waals surface area contributed by atoms with Gasteiger partial charge in [-0.15, -0.1) is 11.3 Å². The topological polar surface area (TPSA) is 47.0 Å². The number of methoxy groups -OCH3 is 1. The number of benzene rings is 2. The van der Waals surface area contributed by atoms with Gasteiger partial charge in [0.25, 0.3) is 0 Å². The summed E-state index contributed by atoms with van der Waals surface area (Å²) in [6, 6.07) is 20.4. The van der Waals surface area contributed by atoms with Crippen LogP contribution in [-0.4, -0.2) is 23.6 Å². The first kappa shape index (κ1) is 17.5. The first-order valence-electron chi connectivity index (χ1n) is 8.93. The summed E-state index contributed by atoms with van der Waals surface area (Å²) in [5.74, 6) is 2.54. The van der Waals surface area contributed by atoms with Crippen molar-refractivity contribution in [2.45, 2.75) is 13.3 Å². The number of aromatic nitrogens is 2. The van der Waals surface area contributed by atoms with Gasteiger partial charge in [0.15, 0.2) is 5.82 Å². The van der Waals surface area contributed by atoms with Gasteiger partial charge in [-0.1, -0.05) is 42.5 Å². The third-order valence-electron chi connectivity index (χ3n) is 4.39. The fraction of sp³-hybridized carbons (Fsp3) is 0.182. The monoisotopic (exact) mass is 375 g/mol. The Morgan fingerprint density at radius 1 is 1.00 bits per heavy atom. The first-order chi connectivity index (χ1) is 13.2. The van der Waals surface area contributed by atoms with Crippen LogP contribution in [0.1, 0.15) is 10.4 Å². The van der Waals surface area contributed by atoms with E-state index in [1.54, 1.807) is 18.4 Å². The molecule has 4 nitrogen and oxygen atoms in total. The van der Waals surface area contributed by atoms with Crippen LogP contribution >= 0.6 is 11.3 Å². The van der Waals surface area contributed by atoms with Crippen LogP contribution in [-0.2, 0) is 6.42 Å². The van der Waals surface area contributed by atoms with Crippen LogP contribution in [0.2, 0.25) is 0 Å². The van der Waals surface area contributed by atoms with Crippen LogP contribution < -0.4 is 10.1 Å². The minimum absolute atomic E-state index is 0.758. The van der Waals surface area contributed by atoms with Gasteiger partial charge < -0.3 is 10.1 Å². The Morgan fingerprint density at radius 2 is 1.85 bits per heavy atom. The second kappa shape index (κ2) is 7.76. The molecule has 0 saturated carbocycles. The van der Waals surface area contributed by atoms with Gasteiger partial charge in [0.2, 0.25) is 0 Å². The molecule has 0 unspecified atom stereocenters. The Balaban J connectivity index is 1.60. The van der Waals surface area contributed by atoms with Crippen molar-refractivity contribution >= 4 is 27.4 Å². The average Bonchev–Trinajstić information content (AvgIpc) is 3.09. The maximum atomic E-state index is 5.30. The highest BCUT2D eigenvalue weighted by atomic mass is 32.1. The largest absolute Gasteiger partial charge is 0.497 e. The van der Waals surface area contributed by atoms with Crippen LogP contribution in [0.5, 0.6) is 5.75 Å². The molecule has 0 atom stereocenters.